The molecule has 0 aromatic heterocycles. The Morgan fingerprint density at radius 2 is 1.76 bits per heavy atom. The molecule has 2 aliphatic rings. The quantitative estimate of drug-likeness (QED) is 0.350. The van der Waals surface area contributed by atoms with E-state index in [1.165, 1.54) is 6.92 Å². The number of hydrogen-bond acceptors (Lipinski definition) is 8. The van der Waals surface area contributed by atoms with Gasteiger partial charge in [-0.2, -0.15) is 0 Å². The zero-order valence-electron chi connectivity index (χ0n) is 16.1. The first-order valence-corrected chi connectivity index (χ1v) is 10.6. The van der Waals surface area contributed by atoms with E-state index in [2.05, 4.69) is 0 Å². The van der Waals surface area contributed by atoms with E-state index in [1.54, 1.807) is 31.2 Å². The van der Waals surface area contributed by atoms with Gasteiger partial charge in [0.2, 0.25) is 4.38 Å². The van der Waals surface area contributed by atoms with Crippen LogP contribution in [0.4, 0.5) is 0 Å². The molecule has 0 spiro atoms. The number of thiocarbonyl (C=S) groups is 1. The van der Waals surface area contributed by atoms with E-state index in [1.807, 2.05) is 0 Å². The minimum absolute atomic E-state index is 0.00142. The average molecular weight is 436 g/mol. The first-order chi connectivity index (χ1) is 13.8. The molecule has 1 saturated carbocycles. The third kappa shape index (κ3) is 4.35. The summed E-state index contributed by atoms with van der Waals surface area (Å²) in [4.78, 5) is 51.1. The van der Waals surface area contributed by atoms with E-state index in [-0.39, 0.29) is 23.2 Å². The zero-order valence-corrected chi connectivity index (χ0v) is 17.8. The lowest BCUT2D eigenvalue weighted by Gasteiger charge is -2.26. The van der Waals surface area contributed by atoms with Crippen molar-refractivity contribution in [3.8, 4) is 0 Å². The van der Waals surface area contributed by atoms with Gasteiger partial charge in [0.25, 0.3) is 11.8 Å². The molecule has 1 fully saturated rings. The summed E-state index contributed by atoms with van der Waals surface area (Å²) < 4.78 is 10.6. The number of hydrogen-bond donors (Lipinski definition) is 0. The van der Waals surface area contributed by atoms with Crippen LogP contribution < -0.4 is 0 Å². The smallest absolute Gasteiger partial charge is 0.302 e. The highest BCUT2D eigenvalue weighted by molar-refractivity contribution is 8.23. The molecule has 1 aliphatic heterocycles. The molecule has 29 heavy (non-hydrogen) atoms. The van der Waals surface area contributed by atoms with Gasteiger partial charge < -0.3 is 9.47 Å². The van der Waals surface area contributed by atoms with Gasteiger partial charge in [0, 0.05) is 13.3 Å². The fraction of sp³-hybridized carbons (Fsp3) is 0.450. The first-order valence-electron chi connectivity index (χ1n) is 9.28. The van der Waals surface area contributed by atoms with Gasteiger partial charge in [-0.3, -0.25) is 24.1 Å². The van der Waals surface area contributed by atoms with Gasteiger partial charge >= 0.3 is 5.97 Å². The molecule has 7 nitrogen and oxygen atoms in total. The molecule has 0 saturated heterocycles. The van der Waals surface area contributed by atoms with Crippen LogP contribution >= 0.6 is 24.0 Å². The van der Waals surface area contributed by atoms with Crippen LogP contribution in [0.2, 0.25) is 0 Å². The standard InChI is InChI=1S/C20H21NO6S2/c1-3-26-19(28)29-13(11-27-12(2)22)10-16(23)20(8-9-20)21-17(24)14-6-4-5-7-15(14)18(21)25/h4-7,13H,3,8-11H2,1-2H3. The molecule has 3 rings (SSSR count). The highest BCUT2D eigenvalue weighted by atomic mass is 32.2. The van der Waals surface area contributed by atoms with Gasteiger partial charge in [-0.05, 0) is 44.1 Å². The van der Waals surface area contributed by atoms with Crippen LogP contribution in [0.5, 0.6) is 0 Å². The monoisotopic (exact) mass is 435 g/mol. The van der Waals surface area contributed by atoms with Crippen molar-refractivity contribution in [2.24, 2.45) is 0 Å². The lowest BCUT2D eigenvalue weighted by molar-refractivity contribution is -0.141. The van der Waals surface area contributed by atoms with Crippen molar-refractivity contribution in [3.05, 3.63) is 35.4 Å². The number of benzene rings is 1. The second-order valence-electron chi connectivity index (χ2n) is 6.88. The lowest BCUT2D eigenvalue weighted by atomic mass is 10.0. The molecule has 0 radical (unpaired) electrons. The Bertz CT molecular complexity index is 844. The summed E-state index contributed by atoms with van der Waals surface area (Å²) in [7, 11) is 0. The number of rotatable bonds is 8. The zero-order chi connectivity index (χ0) is 21.2. The Hall–Kier alpha value is -2.26. The van der Waals surface area contributed by atoms with Gasteiger partial charge in [0.1, 0.15) is 12.1 Å². The maximum Gasteiger partial charge on any atom is 0.302 e. The van der Waals surface area contributed by atoms with Crippen LogP contribution in [-0.4, -0.2) is 56.9 Å². The van der Waals surface area contributed by atoms with E-state index in [0.717, 1.165) is 16.7 Å². The van der Waals surface area contributed by atoms with Crippen molar-refractivity contribution in [2.45, 2.75) is 43.9 Å². The van der Waals surface area contributed by atoms with Crippen LogP contribution in [0.1, 0.15) is 53.8 Å². The molecule has 9 heteroatoms. The fourth-order valence-corrected chi connectivity index (χ4v) is 4.71. The van der Waals surface area contributed by atoms with Crippen LogP contribution in [0, 0.1) is 0 Å². The normalized spacial score (nSPS) is 17.5. The first kappa shape index (κ1) is 21.4. The van der Waals surface area contributed by atoms with E-state index in [0.29, 0.717) is 30.6 Å². The summed E-state index contributed by atoms with van der Waals surface area (Å²) >= 11 is 6.27. The Labute approximate surface area is 178 Å². The number of imide groups is 1. The molecule has 1 heterocycles. The minimum Gasteiger partial charge on any atom is -0.479 e. The van der Waals surface area contributed by atoms with Crippen LogP contribution in [0.3, 0.4) is 0 Å². The predicted octanol–water partition coefficient (Wildman–Crippen LogP) is 2.76. The summed E-state index contributed by atoms with van der Waals surface area (Å²) in [6.07, 6.45) is 0.856. The molecule has 1 aromatic carbocycles. The summed E-state index contributed by atoms with van der Waals surface area (Å²) in [5.74, 6) is -1.58. The van der Waals surface area contributed by atoms with E-state index >= 15 is 0 Å². The fourth-order valence-electron chi connectivity index (χ4n) is 3.35. The number of esters is 1. The third-order valence-electron chi connectivity index (χ3n) is 4.88. The summed E-state index contributed by atoms with van der Waals surface area (Å²) in [6, 6.07) is 6.57. The van der Waals surface area contributed by atoms with Gasteiger partial charge in [-0.1, -0.05) is 23.9 Å². The van der Waals surface area contributed by atoms with Crippen LogP contribution in [0.25, 0.3) is 0 Å². The summed E-state index contributed by atoms with van der Waals surface area (Å²) in [5.41, 5.74) is -0.491. The topological polar surface area (TPSA) is 90.0 Å². The minimum atomic E-state index is -1.13. The van der Waals surface area contributed by atoms with Gasteiger partial charge in [-0.25, -0.2) is 0 Å². The Balaban J connectivity index is 1.75. The molecule has 1 aliphatic carbocycles. The third-order valence-corrected chi connectivity index (χ3v) is 6.23. The SMILES string of the molecule is CCOC(=S)SC(COC(C)=O)CC(=O)C1(N2C(=O)c3ccccc3C2=O)CC1. The number of carbonyl (C=O) groups excluding carboxylic acids is 4. The largest absolute Gasteiger partial charge is 0.479 e. The molecule has 1 aromatic rings. The number of ketones is 1. The van der Waals surface area contributed by atoms with E-state index < -0.39 is 28.6 Å². The average Bonchev–Trinajstić information content (AvgIpc) is 3.43. The summed E-state index contributed by atoms with van der Waals surface area (Å²) in [6.45, 7) is 3.45. The number of Topliss-reactive ketones (excluding diaryl/α,β-unsaturated/α-hetero) is 1. The lowest BCUT2D eigenvalue weighted by Crippen LogP contribution is -2.48. The maximum atomic E-state index is 13.2. The van der Waals surface area contributed by atoms with Crippen molar-refractivity contribution in [1.29, 1.82) is 0 Å². The molecular weight excluding hydrogens is 414 g/mol. The highest BCUT2D eigenvalue weighted by Gasteiger charge is 2.60. The predicted molar refractivity (Wildman–Crippen MR) is 111 cm³/mol. The number of fused-ring (bicyclic) bond motifs is 1. The highest BCUT2D eigenvalue weighted by Crippen LogP contribution is 2.47. The number of carbonyl (C=O) groups is 4. The van der Waals surface area contributed by atoms with Crippen molar-refractivity contribution in [2.75, 3.05) is 13.2 Å². The Morgan fingerprint density at radius 3 is 2.24 bits per heavy atom. The van der Waals surface area contributed by atoms with Crippen molar-refractivity contribution >= 4 is 51.9 Å². The Morgan fingerprint density at radius 1 is 1.17 bits per heavy atom. The second-order valence-corrected chi connectivity index (χ2v) is 8.78. The van der Waals surface area contributed by atoms with Gasteiger partial charge in [0.15, 0.2) is 5.78 Å². The molecule has 1 atom stereocenters. The Kier molecular flexibility index (Phi) is 6.38. The number of thioether (sulfide) groups is 1. The van der Waals surface area contributed by atoms with Crippen molar-refractivity contribution in [1.82, 2.24) is 4.90 Å². The van der Waals surface area contributed by atoms with Crippen molar-refractivity contribution < 1.29 is 28.7 Å². The molecular formula is C20H21NO6S2. The van der Waals surface area contributed by atoms with Crippen LogP contribution in [0.15, 0.2) is 24.3 Å². The molecule has 2 amide bonds. The van der Waals surface area contributed by atoms with Gasteiger partial charge in [0.05, 0.1) is 23.0 Å². The number of ether oxygens (including phenoxy) is 2. The number of amides is 2. The van der Waals surface area contributed by atoms with Gasteiger partial charge in [-0.15, -0.1) is 0 Å². The van der Waals surface area contributed by atoms with E-state index in [4.69, 9.17) is 21.7 Å². The molecule has 0 N–H and O–H groups in total. The molecule has 0 bridgehead atoms. The molecule has 1 unspecified atom stereocenters. The van der Waals surface area contributed by atoms with Crippen LogP contribution in [-0.2, 0) is 19.1 Å². The van der Waals surface area contributed by atoms with Crippen molar-refractivity contribution in [3.63, 3.8) is 0 Å². The number of nitrogens with zero attached hydrogens (tertiary/aromatic N) is 1. The second kappa shape index (κ2) is 8.62. The maximum absolute atomic E-state index is 13.2. The molecule has 154 valence electrons. The van der Waals surface area contributed by atoms with E-state index in [9.17, 15) is 19.2 Å². The summed E-state index contributed by atoms with van der Waals surface area (Å²) in [5, 5.41) is -0.460.